The Hall–Kier alpha value is -4.79. The zero-order valence-electron chi connectivity index (χ0n) is 19.1. The van der Waals surface area contributed by atoms with Gasteiger partial charge in [0, 0.05) is 42.3 Å². The van der Waals surface area contributed by atoms with Crippen molar-refractivity contribution in [1.82, 2.24) is 20.5 Å². The van der Waals surface area contributed by atoms with E-state index in [-0.39, 0.29) is 42.9 Å². The molecule has 9 heteroatoms. The molecule has 1 aliphatic rings. The van der Waals surface area contributed by atoms with E-state index in [2.05, 4.69) is 15.8 Å². The Bertz CT molecular complexity index is 1420. The van der Waals surface area contributed by atoms with E-state index >= 15 is 0 Å². The molecule has 1 aliphatic heterocycles. The number of benzene rings is 3. The van der Waals surface area contributed by atoms with E-state index in [1.165, 1.54) is 17.1 Å². The second-order valence-corrected chi connectivity index (χ2v) is 8.28. The van der Waals surface area contributed by atoms with Gasteiger partial charge < -0.3 is 5.32 Å². The fraction of sp³-hybridized carbons (Fsp3) is 0.111. The Morgan fingerprint density at radius 2 is 1.64 bits per heavy atom. The van der Waals surface area contributed by atoms with Crippen molar-refractivity contribution in [2.24, 2.45) is 0 Å². The van der Waals surface area contributed by atoms with Gasteiger partial charge in [-0.25, -0.2) is 14.1 Å². The van der Waals surface area contributed by atoms with Crippen LogP contribution in [0.4, 0.5) is 10.1 Å². The number of hydrazine groups is 1. The lowest BCUT2D eigenvalue weighted by Gasteiger charge is -2.27. The predicted molar refractivity (Wildman–Crippen MR) is 131 cm³/mol. The van der Waals surface area contributed by atoms with Crippen molar-refractivity contribution in [3.05, 3.63) is 102 Å². The number of para-hydroxylation sites is 1. The van der Waals surface area contributed by atoms with Gasteiger partial charge in [0.15, 0.2) is 0 Å². The number of hydrogen-bond donors (Lipinski definition) is 2. The molecule has 0 bridgehead atoms. The van der Waals surface area contributed by atoms with Crippen LogP contribution < -0.4 is 15.8 Å². The van der Waals surface area contributed by atoms with E-state index in [9.17, 15) is 18.8 Å². The minimum atomic E-state index is -0.342. The summed E-state index contributed by atoms with van der Waals surface area (Å²) in [5.41, 5.74) is 6.38. The number of nitrogens with zero attached hydrogens (tertiary/aromatic N) is 3. The average molecular weight is 484 g/mol. The van der Waals surface area contributed by atoms with Gasteiger partial charge in [-0.3, -0.25) is 19.8 Å². The first-order chi connectivity index (χ1) is 17.5. The smallest absolute Gasteiger partial charge is 0.251 e. The summed E-state index contributed by atoms with van der Waals surface area (Å²) in [4.78, 5) is 36.6. The van der Waals surface area contributed by atoms with Crippen LogP contribution in [0.5, 0.6) is 0 Å². The monoisotopic (exact) mass is 483 g/mol. The second kappa shape index (κ2) is 9.83. The zero-order chi connectivity index (χ0) is 25.1. The normalized spacial score (nSPS) is 13.4. The molecule has 1 saturated heterocycles. The quantitative estimate of drug-likeness (QED) is 0.436. The van der Waals surface area contributed by atoms with Gasteiger partial charge >= 0.3 is 0 Å². The number of anilines is 1. The number of nitrogens with one attached hydrogen (secondary N) is 2. The lowest BCUT2D eigenvalue weighted by Crippen LogP contribution is -2.50. The van der Waals surface area contributed by atoms with Crippen molar-refractivity contribution < 1.29 is 18.8 Å². The summed E-state index contributed by atoms with van der Waals surface area (Å²) >= 11 is 0. The molecule has 1 aromatic heterocycles. The van der Waals surface area contributed by atoms with E-state index in [1.54, 1.807) is 41.1 Å². The predicted octanol–water partition coefficient (Wildman–Crippen LogP) is 3.77. The molecule has 2 N–H and O–H groups in total. The molecule has 5 rings (SSSR count). The molecule has 2 heterocycles. The molecule has 0 saturated carbocycles. The Labute approximate surface area is 206 Å². The van der Waals surface area contributed by atoms with Crippen molar-refractivity contribution in [1.29, 1.82) is 0 Å². The summed E-state index contributed by atoms with van der Waals surface area (Å²) in [5, 5.41) is 8.77. The summed E-state index contributed by atoms with van der Waals surface area (Å²) in [6.07, 6.45) is 2.14. The molecule has 1 fully saturated rings. The summed E-state index contributed by atoms with van der Waals surface area (Å²) < 4.78 is 15.2. The Morgan fingerprint density at radius 3 is 2.36 bits per heavy atom. The minimum Gasteiger partial charge on any atom is -0.348 e. The minimum absolute atomic E-state index is 0.140. The molecule has 0 atom stereocenters. The second-order valence-electron chi connectivity index (χ2n) is 8.28. The van der Waals surface area contributed by atoms with Crippen LogP contribution in [0.15, 0.2) is 85.1 Å². The van der Waals surface area contributed by atoms with Crippen molar-refractivity contribution in [2.75, 3.05) is 5.01 Å². The molecule has 0 unspecified atom stereocenters. The van der Waals surface area contributed by atoms with Gasteiger partial charge in [-0.1, -0.05) is 18.2 Å². The third kappa shape index (κ3) is 4.85. The van der Waals surface area contributed by atoms with Crippen LogP contribution in [0.3, 0.4) is 0 Å². The SMILES string of the molecule is O=C1CCC(=O)N(c2ccc(C(=O)NCc3cn(-c4ccccc4)nc3-c3ccc(F)cc3)cc2)N1. The van der Waals surface area contributed by atoms with Crippen molar-refractivity contribution >= 4 is 23.4 Å². The van der Waals surface area contributed by atoms with Gasteiger partial charge in [0.1, 0.15) is 5.82 Å². The number of hydrogen-bond acceptors (Lipinski definition) is 4. The van der Waals surface area contributed by atoms with Crippen molar-refractivity contribution in [3.63, 3.8) is 0 Å². The number of carbonyl (C=O) groups is 3. The Balaban J connectivity index is 1.34. The van der Waals surface area contributed by atoms with Gasteiger partial charge in [-0.2, -0.15) is 5.10 Å². The molecule has 3 aromatic carbocycles. The molecule has 180 valence electrons. The lowest BCUT2D eigenvalue weighted by atomic mass is 10.1. The van der Waals surface area contributed by atoms with Gasteiger partial charge in [0.2, 0.25) is 11.8 Å². The lowest BCUT2D eigenvalue weighted by molar-refractivity contribution is -0.130. The highest BCUT2D eigenvalue weighted by Crippen LogP contribution is 2.24. The van der Waals surface area contributed by atoms with E-state index in [4.69, 9.17) is 0 Å². The molecular formula is C27H22FN5O3. The van der Waals surface area contributed by atoms with Gasteiger partial charge in [-0.05, 0) is 60.7 Å². The van der Waals surface area contributed by atoms with Gasteiger partial charge in [-0.15, -0.1) is 0 Å². The third-order valence-electron chi connectivity index (χ3n) is 5.81. The number of amides is 3. The third-order valence-corrected chi connectivity index (χ3v) is 5.81. The maximum absolute atomic E-state index is 13.5. The first-order valence-corrected chi connectivity index (χ1v) is 11.4. The highest BCUT2D eigenvalue weighted by atomic mass is 19.1. The summed E-state index contributed by atoms with van der Waals surface area (Å²) in [5.74, 6) is -1.10. The molecule has 8 nitrogen and oxygen atoms in total. The molecular weight excluding hydrogens is 461 g/mol. The van der Waals surface area contributed by atoms with Crippen LogP contribution in [0.1, 0.15) is 28.8 Å². The highest BCUT2D eigenvalue weighted by molar-refractivity contribution is 6.01. The fourth-order valence-corrected chi connectivity index (χ4v) is 3.93. The van der Waals surface area contributed by atoms with Crippen LogP contribution in [-0.4, -0.2) is 27.5 Å². The van der Waals surface area contributed by atoms with E-state index in [0.717, 1.165) is 16.8 Å². The molecule has 4 aromatic rings. The van der Waals surface area contributed by atoms with Crippen LogP contribution in [0.25, 0.3) is 16.9 Å². The Morgan fingerprint density at radius 1 is 0.917 bits per heavy atom. The number of halogens is 1. The molecule has 0 aliphatic carbocycles. The number of carbonyl (C=O) groups excluding carboxylic acids is 3. The highest BCUT2D eigenvalue weighted by Gasteiger charge is 2.24. The summed E-state index contributed by atoms with van der Waals surface area (Å²) in [7, 11) is 0. The fourth-order valence-electron chi connectivity index (χ4n) is 3.93. The van der Waals surface area contributed by atoms with Crippen LogP contribution in [-0.2, 0) is 16.1 Å². The topological polar surface area (TPSA) is 96.3 Å². The maximum Gasteiger partial charge on any atom is 0.251 e. The van der Waals surface area contributed by atoms with E-state index < -0.39 is 0 Å². The van der Waals surface area contributed by atoms with Crippen LogP contribution >= 0.6 is 0 Å². The summed E-state index contributed by atoms with van der Waals surface area (Å²) in [6, 6.07) is 22.0. The number of rotatable bonds is 6. The molecule has 0 spiro atoms. The molecule has 36 heavy (non-hydrogen) atoms. The van der Waals surface area contributed by atoms with Crippen LogP contribution in [0.2, 0.25) is 0 Å². The first kappa shape index (κ1) is 23.0. The number of aromatic nitrogens is 2. The van der Waals surface area contributed by atoms with E-state index in [1.807, 2.05) is 36.5 Å². The Kier molecular flexibility index (Phi) is 6.27. The largest absolute Gasteiger partial charge is 0.348 e. The van der Waals surface area contributed by atoms with Gasteiger partial charge in [0.25, 0.3) is 5.91 Å². The molecule has 0 radical (unpaired) electrons. The van der Waals surface area contributed by atoms with Gasteiger partial charge in [0.05, 0.1) is 17.1 Å². The zero-order valence-corrected chi connectivity index (χ0v) is 19.1. The average Bonchev–Trinajstić information content (AvgIpc) is 3.34. The standard InChI is InChI=1S/C27H22FN5O3/c28-21-10-6-18(7-11-21)26-20(17-32(31-26)22-4-2-1-3-5-22)16-29-27(36)19-8-12-23(13-9-19)33-25(35)15-14-24(34)30-33/h1-13,17H,14-16H2,(H,29,36)(H,30,34). The van der Waals surface area contributed by atoms with Crippen molar-refractivity contribution in [2.45, 2.75) is 19.4 Å². The van der Waals surface area contributed by atoms with Crippen molar-refractivity contribution in [3.8, 4) is 16.9 Å². The summed E-state index contributed by atoms with van der Waals surface area (Å²) in [6.45, 7) is 0.195. The first-order valence-electron chi connectivity index (χ1n) is 11.4. The maximum atomic E-state index is 13.5. The van der Waals surface area contributed by atoms with Crippen LogP contribution in [0, 0.1) is 5.82 Å². The molecule has 3 amide bonds. The van der Waals surface area contributed by atoms with E-state index in [0.29, 0.717) is 16.9 Å².